The van der Waals surface area contributed by atoms with Gasteiger partial charge in [0.15, 0.2) is 5.65 Å². The fourth-order valence-corrected chi connectivity index (χ4v) is 3.33. The first-order chi connectivity index (χ1) is 15.1. The minimum Gasteiger partial charge on any atom is -0.324 e. The van der Waals surface area contributed by atoms with Crippen LogP contribution in [0.15, 0.2) is 59.8 Å². The van der Waals surface area contributed by atoms with Gasteiger partial charge in [-0.2, -0.15) is 18.3 Å². The average Bonchev–Trinajstić information content (AvgIpc) is 3.18. The lowest BCUT2D eigenvalue weighted by Crippen LogP contribution is -2.28. The molecule has 0 unspecified atom stereocenters. The van der Waals surface area contributed by atoms with Gasteiger partial charge in [-0.1, -0.05) is 23.7 Å². The third kappa shape index (κ3) is 4.09. The summed E-state index contributed by atoms with van der Waals surface area (Å²) in [5, 5.41) is 7.26. The maximum absolute atomic E-state index is 13.0. The Hall–Kier alpha value is -3.66. The number of nitrogens with zero attached hydrogens (tertiary/aromatic N) is 4. The van der Waals surface area contributed by atoms with E-state index in [-0.39, 0.29) is 23.3 Å². The van der Waals surface area contributed by atoms with Crippen LogP contribution in [0.25, 0.3) is 16.7 Å². The largest absolute Gasteiger partial charge is 0.416 e. The topological polar surface area (TPSA) is 81.8 Å². The van der Waals surface area contributed by atoms with Crippen molar-refractivity contribution in [2.45, 2.75) is 19.6 Å². The summed E-state index contributed by atoms with van der Waals surface area (Å²) in [5.41, 5.74) is -0.00996. The quantitative estimate of drug-likeness (QED) is 0.494. The molecular formula is C21H15ClF3N5O2. The summed E-state index contributed by atoms with van der Waals surface area (Å²) in [5.74, 6) is -0.469. The zero-order valence-corrected chi connectivity index (χ0v) is 17.3. The molecule has 11 heteroatoms. The molecule has 0 radical (unpaired) electrons. The van der Waals surface area contributed by atoms with Gasteiger partial charge in [0.05, 0.1) is 17.4 Å². The van der Waals surface area contributed by atoms with Crippen LogP contribution in [0.4, 0.5) is 18.9 Å². The molecule has 32 heavy (non-hydrogen) atoms. The summed E-state index contributed by atoms with van der Waals surface area (Å²) < 4.78 is 41.3. The van der Waals surface area contributed by atoms with Gasteiger partial charge in [-0.05, 0) is 42.8 Å². The summed E-state index contributed by atoms with van der Waals surface area (Å²) in [7, 11) is 0. The zero-order valence-electron chi connectivity index (χ0n) is 16.5. The number of aromatic nitrogens is 4. The third-order valence-corrected chi connectivity index (χ3v) is 5.24. The Bertz CT molecular complexity index is 1390. The molecule has 0 saturated carbocycles. The van der Waals surface area contributed by atoms with Gasteiger partial charge in [-0.15, -0.1) is 0 Å². The lowest BCUT2D eigenvalue weighted by Gasteiger charge is -2.11. The molecule has 4 rings (SSSR count). The number of carbonyl (C=O) groups is 1. The fourth-order valence-electron chi connectivity index (χ4n) is 3.15. The molecule has 7 nitrogen and oxygen atoms in total. The SMILES string of the molecule is Cc1c(Cl)cccc1NC(=O)Cn1cnc2c(cnn2-c2cccc(C(F)(F)F)c2)c1=O. The number of hydrogen-bond donors (Lipinski definition) is 1. The van der Waals surface area contributed by atoms with Crippen molar-refractivity contribution in [3.8, 4) is 5.69 Å². The zero-order chi connectivity index (χ0) is 23.0. The van der Waals surface area contributed by atoms with Gasteiger partial charge in [-0.3, -0.25) is 14.2 Å². The van der Waals surface area contributed by atoms with Crippen LogP contribution in [-0.4, -0.2) is 25.2 Å². The lowest BCUT2D eigenvalue weighted by atomic mass is 10.2. The van der Waals surface area contributed by atoms with E-state index in [1.54, 1.807) is 25.1 Å². The maximum atomic E-state index is 13.0. The Morgan fingerprint density at radius 1 is 1.19 bits per heavy atom. The number of rotatable bonds is 4. The molecule has 2 aromatic heterocycles. The number of benzene rings is 2. The number of anilines is 1. The van der Waals surface area contributed by atoms with Crippen molar-refractivity contribution in [3.05, 3.63) is 81.5 Å². The molecular weight excluding hydrogens is 447 g/mol. The molecule has 2 heterocycles. The standard InChI is InChI=1S/C21H15ClF3N5O2/c1-12-16(22)6-3-7-17(12)28-18(31)10-29-11-26-19-15(20(29)32)9-27-30(19)14-5-2-4-13(8-14)21(23,24)25/h2-9,11H,10H2,1H3,(H,28,31). The summed E-state index contributed by atoms with van der Waals surface area (Å²) in [4.78, 5) is 29.4. The molecule has 0 aliphatic rings. The monoisotopic (exact) mass is 461 g/mol. The van der Waals surface area contributed by atoms with Gasteiger partial charge in [0, 0.05) is 10.7 Å². The first-order valence-electron chi connectivity index (χ1n) is 9.31. The Morgan fingerprint density at radius 3 is 2.69 bits per heavy atom. The van der Waals surface area contributed by atoms with Crippen LogP contribution in [0, 0.1) is 6.92 Å². The molecule has 164 valence electrons. The van der Waals surface area contributed by atoms with Gasteiger partial charge in [0.2, 0.25) is 5.91 Å². The minimum absolute atomic E-state index is 0.0663. The van der Waals surface area contributed by atoms with E-state index in [0.717, 1.165) is 27.7 Å². The average molecular weight is 462 g/mol. The van der Waals surface area contributed by atoms with E-state index in [2.05, 4.69) is 15.4 Å². The summed E-state index contributed by atoms with van der Waals surface area (Å²) in [6, 6.07) is 9.59. The first-order valence-corrected chi connectivity index (χ1v) is 9.69. The van der Waals surface area contributed by atoms with Crippen LogP contribution in [0.2, 0.25) is 5.02 Å². The van der Waals surface area contributed by atoms with Crippen LogP contribution in [0.3, 0.4) is 0 Å². The highest BCUT2D eigenvalue weighted by Gasteiger charge is 2.30. The van der Waals surface area contributed by atoms with Gasteiger partial charge >= 0.3 is 6.18 Å². The molecule has 0 saturated heterocycles. The summed E-state index contributed by atoms with van der Waals surface area (Å²) in [6.07, 6.45) is -2.16. The number of alkyl halides is 3. The van der Waals surface area contributed by atoms with Crippen LogP contribution in [0.1, 0.15) is 11.1 Å². The summed E-state index contributed by atoms with van der Waals surface area (Å²) in [6.45, 7) is 1.43. The van der Waals surface area contributed by atoms with E-state index in [0.29, 0.717) is 16.3 Å². The third-order valence-electron chi connectivity index (χ3n) is 4.83. The highest BCUT2D eigenvalue weighted by Crippen LogP contribution is 2.30. The number of fused-ring (bicyclic) bond motifs is 1. The smallest absolute Gasteiger partial charge is 0.324 e. The second kappa shape index (κ2) is 8.12. The number of hydrogen-bond acceptors (Lipinski definition) is 4. The number of nitrogens with one attached hydrogen (secondary N) is 1. The molecule has 4 aromatic rings. The Kier molecular flexibility index (Phi) is 5.47. The van der Waals surface area contributed by atoms with Crippen molar-refractivity contribution in [2.75, 3.05) is 5.32 Å². The molecule has 0 atom stereocenters. The van der Waals surface area contributed by atoms with Crippen molar-refractivity contribution in [2.24, 2.45) is 0 Å². The van der Waals surface area contributed by atoms with Gasteiger partial charge in [-0.25, -0.2) is 9.67 Å². The maximum Gasteiger partial charge on any atom is 0.416 e. The predicted octanol–water partition coefficient (Wildman–Crippen LogP) is 4.20. The first kappa shape index (κ1) is 21.6. The van der Waals surface area contributed by atoms with E-state index in [4.69, 9.17) is 11.6 Å². The van der Waals surface area contributed by atoms with E-state index in [1.165, 1.54) is 18.3 Å². The van der Waals surface area contributed by atoms with Crippen molar-refractivity contribution < 1.29 is 18.0 Å². The number of carbonyl (C=O) groups excluding carboxylic acids is 1. The lowest BCUT2D eigenvalue weighted by molar-refractivity contribution is -0.137. The second-order valence-corrected chi connectivity index (χ2v) is 7.39. The molecule has 1 amide bonds. The minimum atomic E-state index is -4.52. The predicted molar refractivity (Wildman–Crippen MR) is 113 cm³/mol. The molecule has 0 aliphatic heterocycles. The summed E-state index contributed by atoms with van der Waals surface area (Å²) >= 11 is 6.05. The van der Waals surface area contributed by atoms with Gasteiger partial charge < -0.3 is 5.32 Å². The van der Waals surface area contributed by atoms with E-state index in [9.17, 15) is 22.8 Å². The normalized spacial score (nSPS) is 11.7. The Balaban J connectivity index is 1.63. The molecule has 0 fully saturated rings. The van der Waals surface area contributed by atoms with Crippen LogP contribution in [-0.2, 0) is 17.5 Å². The van der Waals surface area contributed by atoms with Gasteiger partial charge in [0.1, 0.15) is 18.3 Å². The fraction of sp³-hybridized carbons (Fsp3) is 0.143. The number of amides is 1. The number of halogens is 4. The van der Waals surface area contributed by atoms with Gasteiger partial charge in [0.25, 0.3) is 5.56 Å². The molecule has 0 spiro atoms. The highest BCUT2D eigenvalue weighted by atomic mass is 35.5. The Morgan fingerprint density at radius 2 is 1.94 bits per heavy atom. The van der Waals surface area contributed by atoms with Crippen LogP contribution in [0.5, 0.6) is 0 Å². The highest BCUT2D eigenvalue weighted by molar-refractivity contribution is 6.31. The van der Waals surface area contributed by atoms with E-state index in [1.807, 2.05) is 0 Å². The molecule has 2 aromatic carbocycles. The van der Waals surface area contributed by atoms with E-state index >= 15 is 0 Å². The van der Waals surface area contributed by atoms with Crippen molar-refractivity contribution >= 4 is 34.2 Å². The van der Waals surface area contributed by atoms with E-state index < -0.39 is 23.2 Å². The molecule has 0 aliphatic carbocycles. The van der Waals surface area contributed by atoms with Crippen molar-refractivity contribution in [1.82, 2.24) is 19.3 Å². The Labute approximate surface area is 184 Å². The van der Waals surface area contributed by atoms with Crippen LogP contribution < -0.4 is 10.9 Å². The van der Waals surface area contributed by atoms with Crippen molar-refractivity contribution in [1.29, 1.82) is 0 Å². The van der Waals surface area contributed by atoms with Crippen LogP contribution >= 0.6 is 11.6 Å². The molecule has 1 N–H and O–H groups in total. The molecule has 0 bridgehead atoms. The van der Waals surface area contributed by atoms with Crippen molar-refractivity contribution in [3.63, 3.8) is 0 Å². The second-order valence-electron chi connectivity index (χ2n) is 6.98.